The molecule has 170 valence electrons. The fourth-order valence-electron chi connectivity index (χ4n) is 3.83. The molecular formula is C24H27BrIN3O3. The van der Waals surface area contributed by atoms with Gasteiger partial charge in [-0.3, -0.25) is 4.79 Å². The van der Waals surface area contributed by atoms with Crippen LogP contribution in [0.1, 0.15) is 34.5 Å². The SMILES string of the molecule is Cc1cc(I)ccc1Nc1ccc(Br)cc1C(=O)NCC(CCO)(CCO)c1ccc[nH]1. The molecule has 1 aromatic heterocycles. The van der Waals surface area contributed by atoms with Crippen LogP contribution in [0.5, 0.6) is 0 Å². The average Bonchev–Trinajstić information content (AvgIpc) is 3.31. The quantitative estimate of drug-likeness (QED) is 0.211. The molecule has 0 unspecified atom stereocenters. The summed E-state index contributed by atoms with van der Waals surface area (Å²) in [6, 6.07) is 15.4. The first-order valence-corrected chi connectivity index (χ1v) is 12.2. The van der Waals surface area contributed by atoms with Gasteiger partial charge in [-0.1, -0.05) is 15.9 Å². The molecule has 0 spiro atoms. The minimum atomic E-state index is -0.588. The molecule has 6 nitrogen and oxygen atoms in total. The smallest absolute Gasteiger partial charge is 0.253 e. The second-order valence-electron chi connectivity index (χ2n) is 7.77. The zero-order valence-corrected chi connectivity index (χ0v) is 21.5. The van der Waals surface area contributed by atoms with Crippen molar-refractivity contribution in [3.63, 3.8) is 0 Å². The number of anilines is 2. The number of aromatic nitrogens is 1. The van der Waals surface area contributed by atoms with Crippen LogP contribution in [0.2, 0.25) is 0 Å². The van der Waals surface area contributed by atoms with Crippen LogP contribution in [0.15, 0.2) is 59.2 Å². The van der Waals surface area contributed by atoms with Crippen LogP contribution in [0, 0.1) is 10.5 Å². The van der Waals surface area contributed by atoms with Crippen molar-refractivity contribution < 1.29 is 15.0 Å². The van der Waals surface area contributed by atoms with Gasteiger partial charge in [0.25, 0.3) is 5.91 Å². The van der Waals surface area contributed by atoms with Crippen LogP contribution in [-0.2, 0) is 5.41 Å². The molecule has 1 amide bonds. The number of aryl methyl sites for hydroxylation is 1. The number of aliphatic hydroxyl groups is 2. The zero-order valence-electron chi connectivity index (χ0n) is 17.8. The largest absolute Gasteiger partial charge is 0.396 e. The van der Waals surface area contributed by atoms with Gasteiger partial charge in [0, 0.05) is 50.8 Å². The number of aromatic amines is 1. The summed E-state index contributed by atoms with van der Waals surface area (Å²) in [4.78, 5) is 16.4. The first-order valence-electron chi connectivity index (χ1n) is 10.3. The standard InChI is InChI=1S/C24H27BrIN3O3/c1-16-13-18(26)5-7-20(16)29-21-6-4-17(25)14-19(21)23(32)28-15-24(8-11-30,9-12-31)22-3-2-10-27-22/h2-7,10,13-14,27,29-31H,8-9,11-12,15H2,1H3,(H,28,32). The van der Waals surface area contributed by atoms with Crippen molar-refractivity contribution >= 4 is 55.8 Å². The van der Waals surface area contributed by atoms with Gasteiger partial charge in [-0.2, -0.15) is 0 Å². The molecule has 0 saturated heterocycles. The minimum absolute atomic E-state index is 0.0509. The number of hydrogen-bond acceptors (Lipinski definition) is 4. The van der Waals surface area contributed by atoms with E-state index in [9.17, 15) is 15.0 Å². The lowest BCUT2D eigenvalue weighted by molar-refractivity contribution is 0.0929. The van der Waals surface area contributed by atoms with Crippen molar-refractivity contribution in [1.29, 1.82) is 0 Å². The van der Waals surface area contributed by atoms with Gasteiger partial charge in [0.05, 0.1) is 11.3 Å². The number of carbonyl (C=O) groups is 1. The van der Waals surface area contributed by atoms with Crippen LogP contribution >= 0.6 is 38.5 Å². The summed E-state index contributed by atoms with van der Waals surface area (Å²) in [5, 5.41) is 25.8. The van der Waals surface area contributed by atoms with Crippen molar-refractivity contribution in [1.82, 2.24) is 10.3 Å². The van der Waals surface area contributed by atoms with Crippen molar-refractivity contribution in [2.24, 2.45) is 0 Å². The monoisotopic (exact) mass is 611 g/mol. The first-order chi connectivity index (χ1) is 15.4. The molecule has 32 heavy (non-hydrogen) atoms. The van der Waals surface area contributed by atoms with E-state index in [4.69, 9.17) is 0 Å². The highest BCUT2D eigenvalue weighted by Gasteiger charge is 2.33. The Kier molecular flexibility index (Phi) is 8.75. The van der Waals surface area contributed by atoms with Crippen LogP contribution in [0.25, 0.3) is 0 Å². The van der Waals surface area contributed by atoms with Gasteiger partial charge in [-0.05, 0) is 96.5 Å². The molecule has 0 fully saturated rings. The molecule has 0 radical (unpaired) electrons. The number of carbonyl (C=O) groups excluding carboxylic acids is 1. The fraction of sp³-hybridized carbons (Fsp3) is 0.292. The second-order valence-corrected chi connectivity index (χ2v) is 9.93. The molecular weight excluding hydrogens is 585 g/mol. The lowest BCUT2D eigenvalue weighted by Gasteiger charge is -2.32. The molecule has 0 atom stereocenters. The van der Waals surface area contributed by atoms with Crippen LogP contribution in [0.3, 0.4) is 0 Å². The molecule has 1 heterocycles. The molecule has 0 aliphatic rings. The van der Waals surface area contributed by atoms with Gasteiger partial charge < -0.3 is 25.8 Å². The van der Waals surface area contributed by atoms with Crippen LogP contribution < -0.4 is 10.6 Å². The van der Waals surface area contributed by atoms with E-state index in [1.807, 2.05) is 43.3 Å². The van der Waals surface area contributed by atoms with Crippen molar-refractivity contribution in [2.45, 2.75) is 25.2 Å². The molecule has 5 N–H and O–H groups in total. The lowest BCUT2D eigenvalue weighted by atomic mass is 9.78. The predicted molar refractivity (Wildman–Crippen MR) is 140 cm³/mol. The number of nitrogens with one attached hydrogen (secondary N) is 3. The maximum Gasteiger partial charge on any atom is 0.253 e. The van der Waals surface area contributed by atoms with E-state index in [0.717, 1.165) is 25.0 Å². The molecule has 0 aliphatic heterocycles. The van der Waals surface area contributed by atoms with E-state index in [0.29, 0.717) is 24.1 Å². The third-order valence-corrected chi connectivity index (χ3v) is 6.79. The van der Waals surface area contributed by atoms with Crippen molar-refractivity contribution in [3.05, 3.63) is 79.6 Å². The molecule has 0 aliphatic carbocycles. The number of amides is 1. The molecule has 0 saturated carbocycles. The average molecular weight is 612 g/mol. The van der Waals surface area contributed by atoms with Gasteiger partial charge in [-0.15, -0.1) is 0 Å². The Balaban J connectivity index is 1.86. The fourth-order valence-corrected chi connectivity index (χ4v) is 4.83. The summed E-state index contributed by atoms with van der Waals surface area (Å²) < 4.78 is 1.95. The first kappa shape index (κ1) is 24.8. The predicted octanol–water partition coefficient (Wildman–Crippen LogP) is 4.87. The lowest BCUT2D eigenvalue weighted by Crippen LogP contribution is -2.42. The molecule has 3 rings (SSSR count). The Labute approximate surface area is 210 Å². The number of halogens is 2. The summed E-state index contributed by atoms with van der Waals surface area (Å²) in [5.41, 5.74) is 3.51. The van der Waals surface area contributed by atoms with Gasteiger partial charge in [0.2, 0.25) is 0 Å². The van der Waals surface area contributed by atoms with Crippen LogP contribution in [-0.4, -0.2) is 40.9 Å². The van der Waals surface area contributed by atoms with E-state index in [1.165, 1.54) is 0 Å². The highest BCUT2D eigenvalue weighted by atomic mass is 127. The Morgan fingerprint density at radius 1 is 1.09 bits per heavy atom. The highest BCUT2D eigenvalue weighted by Crippen LogP contribution is 2.31. The summed E-state index contributed by atoms with van der Waals surface area (Å²) in [7, 11) is 0. The van der Waals surface area contributed by atoms with E-state index >= 15 is 0 Å². The molecule has 2 aromatic carbocycles. The molecule has 8 heteroatoms. The summed E-state index contributed by atoms with van der Waals surface area (Å²) in [6.45, 7) is 2.20. The Hall–Kier alpha value is -1.88. The number of benzene rings is 2. The molecule has 0 bridgehead atoms. The van der Waals surface area contributed by atoms with Gasteiger partial charge >= 0.3 is 0 Å². The Morgan fingerprint density at radius 2 is 1.81 bits per heavy atom. The van der Waals surface area contributed by atoms with Crippen molar-refractivity contribution in [2.75, 3.05) is 25.1 Å². The third-order valence-electron chi connectivity index (χ3n) is 5.62. The summed E-state index contributed by atoms with van der Waals surface area (Å²) >= 11 is 5.74. The maximum atomic E-state index is 13.3. The van der Waals surface area contributed by atoms with Crippen molar-refractivity contribution in [3.8, 4) is 0 Å². The minimum Gasteiger partial charge on any atom is -0.396 e. The molecule has 3 aromatic rings. The summed E-state index contributed by atoms with van der Waals surface area (Å²) in [5.74, 6) is -0.233. The Bertz CT molecular complexity index is 1050. The third kappa shape index (κ3) is 5.92. The van der Waals surface area contributed by atoms with Gasteiger partial charge in [0.1, 0.15) is 0 Å². The van der Waals surface area contributed by atoms with E-state index in [-0.39, 0.29) is 25.7 Å². The number of hydrogen-bond donors (Lipinski definition) is 5. The Morgan fingerprint density at radius 3 is 2.44 bits per heavy atom. The number of H-pyrrole nitrogens is 1. The normalized spacial score (nSPS) is 11.4. The number of aliphatic hydroxyl groups excluding tert-OH is 2. The second kappa shape index (κ2) is 11.3. The zero-order chi connectivity index (χ0) is 23.1. The van der Waals surface area contributed by atoms with Gasteiger partial charge in [0.15, 0.2) is 0 Å². The van der Waals surface area contributed by atoms with E-state index in [1.54, 1.807) is 12.3 Å². The van der Waals surface area contributed by atoms with Crippen LogP contribution in [0.4, 0.5) is 11.4 Å². The van der Waals surface area contributed by atoms with E-state index in [2.05, 4.69) is 60.2 Å². The van der Waals surface area contributed by atoms with Gasteiger partial charge in [-0.25, -0.2) is 0 Å². The summed E-state index contributed by atoms with van der Waals surface area (Å²) in [6.07, 6.45) is 2.64. The topological polar surface area (TPSA) is 97.4 Å². The highest BCUT2D eigenvalue weighted by molar-refractivity contribution is 14.1. The van der Waals surface area contributed by atoms with E-state index < -0.39 is 5.41 Å². The maximum absolute atomic E-state index is 13.3. The number of rotatable bonds is 10.